The van der Waals surface area contributed by atoms with Gasteiger partial charge in [0, 0.05) is 10.9 Å². The number of ether oxygens (including phenoxy) is 3. The fraction of sp³-hybridized carbons (Fsp3) is 0.190. The molecule has 2 amide bonds. The van der Waals surface area contributed by atoms with Crippen molar-refractivity contribution in [3.8, 4) is 11.5 Å². The minimum Gasteiger partial charge on any atom is -0.485 e. The molecule has 0 saturated heterocycles. The van der Waals surface area contributed by atoms with Crippen LogP contribution < -0.4 is 20.3 Å². The van der Waals surface area contributed by atoms with Gasteiger partial charge in [-0.15, -0.1) is 0 Å². The number of amides is 2. The molecule has 0 saturated carbocycles. The van der Waals surface area contributed by atoms with Gasteiger partial charge in [0.1, 0.15) is 12.2 Å². The number of fused-ring (bicyclic) bond motifs is 2. The molecule has 9 nitrogen and oxygen atoms in total. The third-order valence-corrected chi connectivity index (χ3v) is 4.49. The molecule has 1 aromatic heterocycles. The molecule has 0 radical (unpaired) electrons. The van der Waals surface area contributed by atoms with Crippen LogP contribution in [0.2, 0.25) is 0 Å². The third-order valence-electron chi connectivity index (χ3n) is 4.49. The maximum absolute atomic E-state index is 12.2. The fourth-order valence-corrected chi connectivity index (χ4v) is 2.96. The van der Waals surface area contributed by atoms with Crippen LogP contribution in [0.3, 0.4) is 0 Å². The summed E-state index contributed by atoms with van der Waals surface area (Å²) in [5, 5.41) is 0.789. The van der Waals surface area contributed by atoms with Crippen LogP contribution >= 0.6 is 0 Å². The zero-order chi connectivity index (χ0) is 21.1. The molecule has 1 aliphatic rings. The lowest BCUT2D eigenvalue weighted by molar-refractivity contribution is -0.135. The molecule has 0 spiro atoms. The van der Waals surface area contributed by atoms with Crippen molar-refractivity contribution in [2.75, 3.05) is 13.2 Å². The first kappa shape index (κ1) is 19.3. The van der Waals surface area contributed by atoms with E-state index in [1.165, 1.54) is 0 Å². The molecular weight excluding hydrogens is 392 g/mol. The molecule has 1 atom stereocenters. The zero-order valence-electron chi connectivity index (χ0n) is 16.0. The van der Waals surface area contributed by atoms with Gasteiger partial charge in [-0.3, -0.25) is 20.4 Å². The lowest BCUT2D eigenvalue weighted by Crippen LogP contribution is -2.51. The van der Waals surface area contributed by atoms with Crippen molar-refractivity contribution in [3.63, 3.8) is 0 Å². The van der Waals surface area contributed by atoms with E-state index in [9.17, 15) is 14.4 Å². The molecule has 9 heteroatoms. The molecule has 1 aliphatic heterocycles. The Morgan fingerprint density at radius 3 is 2.57 bits per heavy atom. The highest BCUT2D eigenvalue weighted by atomic mass is 16.6. The summed E-state index contributed by atoms with van der Waals surface area (Å²) in [6.07, 6.45) is -0.930. The van der Waals surface area contributed by atoms with E-state index < -0.39 is 30.5 Å². The van der Waals surface area contributed by atoms with Crippen LogP contribution in [-0.2, 0) is 14.3 Å². The molecule has 0 bridgehead atoms. The van der Waals surface area contributed by atoms with E-state index in [-0.39, 0.29) is 12.4 Å². The Bertz CT molecular complexity index is 1120. The summed E-state index contributed by atoms with van der Waals surface area (Å²) >= 11 is 0. The number of rotatable bonds is 4. The zero-order valence-corrected chi connectivity index (χ0v) is 16.0. The fourth-order valence-electron chi connectivity index (χ4n) is 2.96. The number of benzene rings is 2. The van der Waals surface area contributed by atoms with Crippen molar-refractivity contribution in [2.45, 2.75) is 13.0 Å². The van der Waals surface area contributed by atoms with Crippen molar-refractivity contribution in [3.05, 3.63) is 59.9 Å². The topological polar surface area (TPSA) is 116 Å². The van der Waals surface area contributed by atoms with Crippen LogP contribution in [-0.4, -0.2) is 37.1 Å². The average Bonchev–Trinajstić information content (AvgIpc) is 3.12. The highest BCUT2D eigenvalue weighted by Gasteiger charge is 2.27. The molecule has 3 aromatic rings. The molecule has 30 heavy (non-hydrogen) atoms. The first-order valence-electron chi connectivity index (χ1n) is 9.15. The number of hydrogen-bond acceptors (Lipinski definition) is 7. The van der Waals surface area contributed by atoms with Crippen LogP contribution in [0.1, 0.15) is 16.1 Å². The minimum atomic E-state index is -0.930. The van der Waals surface area contributed by atoms with Crippen LogP contribution in [0, 0.1) is 6.92 Å². The summed E-state index contributed by atoms with van der Waals surface area (Å²) in [4.78, 5) is 36.3. The summed E-state index contributed by atoms with van der Waals surface area (Å²) in [6, 6.07) is 14.1. The number of hydrazine groups is 1. The van der Waals surface area contributed by atoms with Gasteiger partial charge >= 0.3 is 5.97 Å². The van der Waals surface area contributed by atoms with Gasteiger partial charge in [-0.1, -0.05) is 30.3 Å². The van der Waals surface area contributed by atoms with E-state index in [1.807, 2.05) is 12.1 Å². The monoisotopic (exact) mass is 410 g/mol. The molecular formula is C21H18N2O7. The minimum absolute atomic E-state index is 0.000960. The Balaban J connectivity index is 1.26. The predicted molar refractivity (Wildman–Crippen MR) is 104 cm³/mol. The second-order valence-electron chi connectivity index (χ2n) is 6.53. The largest absolute Gasteiger partial charge is 0.485 e. The lowest BCUT2D eigenvalue weighted by Gasteiger charge is -2.25. The summed E-state index contributed by atoms with van der Waals surface area (Å²) < 4.78 is 21.5. The van der Waals surface area contributed by atoms with E-state index in [4.69, 9.17) is 18.6 Å². The van der Waals surface area contributed by atoms with E-state index >= 15 is 0 Å². The summed E-state index contributed by atoms with van der Waals surface area (Å²) in [7, 11) is 0. The number of aryl methyl sites for hydroxylation is 1. The SMILES string of the molecule is Cc1c(C(=O)OCC(=O)NNC(=O)[C@H]2COc3ccccc3O2)oc2ccccc12. The average molecular weight is 410 g/mol. The van der Waals surface area contributed by atoms with Crippen molar-refractivity contribution in [1.82, 2.24) is 10.9 Å². The van der Waals surface area contributed by atoms with Gasteiger partial charge in [-0.25, -0.2) is 4.79 Å². The normalized spacial score (nSPS) is 14.8. The van der Waals surface area contributed by atoms with E-state index in [0.29, 0.717) is 22.6 Å². The molecule has 4 rings (SSSR count). The number of esters is 1. The Kier molecular flexibility index (Phi) is 5.25. The second kappa shape index (κ2) is 8.16. The third kappa shape index (κ3) is 3.90. The van der Waals surface area contributed by atoms with E-state index in [2.05, 4.69) is 10.9 Å². The highest BCUT2D eigenvalue weighted by molar-refractivity contribution is 5.96. The number of hydrogen-bond donors (Lipinski definition) is 2. The van der Waals surface area contributed by atoms with Crippen LogP contribution in [0.15, 0.2) is 52.9 Å². The molecule has 2 N–H and O–H groups in total. The number of carbonyl (C=O) groups excluding carboxylic acids is 3. The molecule has 0 unspecified atom stereocenters. The van der Waals surface area contributed by atoms with Gasteiger partial charge in [-0.05, 0) is 25.1 Å². The summed E-state index contributed by atoms with van der Waals surface area (Å²) in [6.45, 7) is 1.13. The first-order valence-corrected chi connectivity index (χ1v) is 9.15. The number of furan rings is 1. The van der Waals surface area contributed by atoms with Crippen molar-refractivity contribution in [1.29, 1.82) is 0 Å². The van der Waals surface area contributed by atoms with Crippen LogP contribution in [0.5, 0.6) is 11.5 Å². The lowest BCUT2D eigenvalue weighted by atomic mass is 10.1. The maximum Gasteiger partial charge on any atom is 0.375 e. The maximum atomic E-state index is 12.2. The van der Waals surface area contributed by atoms with Crippen molar-refractivity contribution < 1.29 is 33.0 Å². The molecule has 0 fully saturated rings. The standard InChI is InChI=1S/C21H18N2O7/c1-12-13-6-2-3-7-14(13)30-19(12)21(26)28-11-18(24)22-23-20(25)17-10-27-15-8-4-5-9-16(15)29-17/h2-9,17H,10-11H2,1H3,(H,22,24)(H,23,25)/t17-/m1/s1. The van der Waals surface area contributed by atoms with E-state index in [1.54, 1.807) is 43.3 Å². The Morgan fingerprint density at radius 2 is 1.77 bits per heavy atom. The van der Waals surface area contributed by atoms with Crippen LogP contribution in [0.4, 0.5) is 0 Å². The molecule has 0 aliphatic carbocycles. The van der Waals surface area contributed by atoms with Gasteiger partial charge in [0.2, 0.25) is 11.9 Å². The van der Waals surface area contributed by atoms with Gasteiger partial charge < -0.3 is 18.6 Å². The quantitative estimate of drug-likeness (QED) is 0.498. The summed E-state index contributed by atoms with van der Waals surface area (Å²) in [5.41, 5.74) is 5.57. The number of para-hydroxylation sites is 3. The molecule has 2 aromatic carbocycles. The Hall–Kier alpha value is -4.01. The molecule has 154 valence electrons. The van der Waals surface area contributed by atoms with Gasteiger partial charge in [-0.2, -0.15) is 0 Å². The second-order valence-corrected chi connectivity index (χ2v) is 6.53. The first-order chi connectivity index (χ1) is 14.5. The van der Waals surface area contributed by atoms with Crippen molar-refractivity contribution in [2.24, 2.45) is 0 Å². The smallest absolute Gasteiger partial charge is 0.375 e. The van der Waals surface area contributed by atoms with E-state index in [0.717, 1.165) is 5.39 Å². The predicted octanol–water partition coefficient (Wildman–Crippen LogP) is 1.89. The van der Waals surface area contributed by atoms with Gasteiger partial charge in [0.25, 0.3) is 11.8 Å². The summed E-state index contributed by atoms with van der Waals surface area (Å²) in [5.74, 6) is -1.09. The van der Waals surface area contributed by atoms with Crippen LogP contribution in [0.25, 0.3) is 11.0 Å². The van der Waals surface area contributed by atoms with Crippen molar-refractivity contribution >= 4 is 28.8 Å². The number of carbonyl (C=O) groups is 3. The van der Waals surface area contributed by atoms with Gasteiger partial charge in [0.15, 0.2) is 18.1 Å². The highest BCUT2D eigenvalue weighted by Crippen LogP contribution is 2.30. The Labute approximate surface area is 170 Å². The Morgan fingerprint density at radius 1 is 1.03 bits per heavy atom. The molecule has 2 heterocycles. The van der Waals surface area contributed by atoms with Gasteiger partial charge in [0.05, 0.1) is 0 Å². The number of nitrogens with one attached hydrogen (secondary N) is 2.